The Morgan fingerprint density at radius 1 is 0.369 bits per heavy atom. The summed E-state index contributed by atoms with van der Waals surface area (Å²) < 4.78 is 4.42. The van der Waals surface area contributed by atoms with Gasteiger partial charge in [-0.15, -0.1) is 16.4 Å². The van der Waals surface area contributed by atoms with E-state index in [-0.39, 0.29) is 32.7 Å². The number of hydrogen-bond acceptors (Lipinski definition) is 1. The molecule has 1 aliphatic carbocycles. The average Bonchev–Trinajstić information content (AvgIpc) is 3.93. The molecule has 0 bridgehead atoms. The zero-order chi connectivity index (χ0) is 44.3. The molecule has 12 rings (SSSR count). The highest BCUT2D eigenvalue weighted by atomic mass is 15.1. The first-order valence-corrected chi connectivity index (χ1v) is 21.9. The standard InChI is InChI=1S/C57H36B5N3/c1-57(2)45-17-9-6-14-39(45)44-30-34(22-29-46(44)57)33-20-23-36(24-21-33)63(37-25-27-42-40-15-7-10-18-47(40)64(49(42)31-37)35-12-4-3-5-13-35)38-26-28-43-41-16-8-11-19-48(41)65(50(43)32-38)56-54(61)52(59)51(58)53(60)55(56)62/h3-32H,1-2H3. The Balaban J connectivity index is 1.08. The molecule has 2 heterocycles. The predicted octanol–water partition coefficient (Wildman–Crippen LogP) is 9.29. The van der Waals surface area contributed by atoms with Crippen LogP contribution in [0.4, 0.5) is 17.1 Å². The summed E-state index contributed by atoms with van der Waals surface area (Å²) in [6, 6.07) is 65.3. The fourth-order valence-corrected chi connectivity index (χ4v) is 10.5. The van der Waals surface area contributed by atoms with Gasteiger partial charge in [-0.25, -0.2) is 0 Å². The van der Waals surface area contributed by atoms with Crippen LogP contribution >= 0.6 is 0 Å². The van der Waals surface area contributed by atoms with Crippen LogP contribution in [0.5, 0.6) is 0 Å². The zero-order valence-corrected chi connectivity index (χ0v) is 36.0. The Bertz CT molecular complexity index is 3720. The fraction of sp³-hybridized carbons (Fsp3) is 0.0526. The summed E-state index contributed by atoms with van der Waals surface area (Å²) in [7, 11) is 32.9. The first kappa shape index (κ1) is 39.3. The van der Waals surface area contributed by atoms with Gasteiger partial charge in [0.1, 0.15) is 39.2 Å². The van der Waals surface area contributed by atoms with E-state index in [9.17, 15) is 0 Å². The maximum Gasteiger partial charge on any atom is 0.115 e. The van der Waals surface area contributed by atoms with Gasteiger partial charge in [0.2, 0.25) is 0 Å². The molecule has 11 aromatic rings. The Kier molecular flexibility index (Phi) is 8.84. The number of aromatic nitrogens is 2. The molecule has 0 atom stereocenters. The van der Waals surface area contributed by atoms with Crippen molar-refractivity contribution in [3.63, 3.8) is 0 Å². The average molecular weight is 817 g/mol. The second-order valence-corrected chi connectivity index (χ2v) is 17.7. The lowest BCUT2D eigenvalue weighted by Crippen LogP contribution is -2.56. The maximum atomic E-state index is 6.81. The van der Waals surface area contributed by atoms with E-state index in [1.54, 1.807) is 0 Å². The van der Waals surface area contributed by atoms with Crippen molar-refractivity contribution in [2.45, 2.75) is 19.3 Å². The summed E-state index contributed by atoms with van der Waals surface area (Å²) in [5.41, 5.74) is 17.2. The highest BCUT2D eigenvalue weighted by Crippen LogP contribution is 2.50. The van der Waals surface area contributed by atoms with Crippen molar-refractivity contribution in [2.24, 2.45) is 0 Å². The lowest BCUT2D eigenvalue weighted by molar-refractivity contribution is 0.660. The third-order valence-corrected chi connectivity index (χ3v) is 13.8. The van der Waals surface area contributed by atoms with E-state index < -0.39 is 0 Å². The number of para-hydroxylation sites is 3. The topological polar surface area (TPSA) is 13.1 Å². The van der Waals surface area contributed by atoms with Crippen molar-refractivity contribution < 1.29 is 0 Å². The molecule has 10 radical (unpaired) electrons. The monoisotopic (exact) mass is 817 g/mol. The Morgan fingerprint density at radius 3 is 1.49 bits per heavy atom. The van der Waals surface area contributed by atoms with Crippen LogP contribution in [-0.4, -0.2) is 48.4 Å². The molecule has 0 fully saturated rings. The number of nitrogens with zero attached hydrogens (tertiary/aromatic N) is 3. The minimum Gasteiger partial charge on any atom is -0.310 e. The van der Waals surface area contributed by atoms with E-state index >= 15 is 0 Å². The second kappa shape index (κ2) is 14.6. The van der Waals surface area contributed by atoms with Gasteiger partial charge >= 0.3 is 0 Å². The van der Waals surface area contributed by atoms with Gasteiger partial charge in [-0.1, -0.05) is 140 Å². The van der Waals surface area contributed by atoms with E-state index in [0.29, 0.717) is 5.69 Å². The van der Waals surface area contributed by atoms with Crippen molar-refractivity contribution in [1.82, 2.24) is 9.13 Å². The molecule has 3 nitrogen and oxygen atoms in total. The van der Waals surface area contributed by atoms with Crippen molar-refractivity contribution >= 4 is 127 Å². The van der Waals surface area contributed by atoms with Gasteiger partial charge in [-0.2, -0.15) is 0 Å². The van der Waals surface area contributed by atoms with Crippen LogP contribution in [0, 0.1) is 0 Å². The van der Waals surface area contributed by atoms with Gasteiger partial charge in [0.25, 0.3) is 0 Å². The minimum absolute atomic E-state index is 0.0561. The van der Waals surface area contributed by atoms with Gasteiger partial charge in [0.05, 0.1) is 22.1 Å². The molecule has 0 aliphatic heterocycles. The number of rotatable bonds is 6. The molecular weight excluding hydrogens is 781 g/mol. The van der Waals surface area contributed by atoms with E-state index in [1.165, 1.54) is 38.6 Å². The molecule has 0 saturated heterocycles. The number of benzene rings is 9. The van der Waals surface area contributed by atoms with Crippen LogP contribution in [0.3, 0.4) is 0 Å². The van der Waals surface area contributed by atoms with Gasteiger partial charge in [0, 0.05) is 55.4 Å². The smallest absolute Gasteiger partial charge is 0.115 e. The minimum atomic E-state index is -0.0561. The Morgan fingerprint density at radius 2 is 0.846 bits per heavy atom. The lowest BCUT2D eigenvalue weighted by atomic mass is 9.61. The van der Waals surface area contributed by atoms with E-state index in [4.69, 9.17) is 39.2 Å². The van der Waals surface area contributed by atoms with Gasteiger partial charge in [0.15, 0.2) is 0 Å². The first-order valence-electron chi connectivity index (χ1n) is 21.9. The van der Waals surface area contributed by atoms with Crippen molar-refractivity contribution in [1.29, 1.82) is 0 Å². The molecule has 9 aromatic carbocycles. The molecular formula is C57H36B5N3. The number of fused-ring (bicyclic) bond motifs is 9. The Labute approximate surface area is 385 Å². The van der Waals surface area contributed by atoms with Crippen molar-refractivity contribution in [3.8, 4) is 33.6 Å². The third kappa shape index (κ3) is 5.82. The fourth-order valence-electron chi connectivity index (χ4n) is 10.5. The summed E-state index contributed by atoms with van der Waals surface area (Å²) in [5.74, 6) is 0. The van der Waals surface area contributed by atoms with Crippen LogP contribution in [0.15, 0.2) is 182 Å². The molecule has 0 saturated carbocycles. The first-order chi connectivity index (χ1) is 31.6. The molecule has 1 aliphatic rings. The highest BCUT2D eigenvalue weighted by molar-refractivity contribution is 6.68. The van der Waals surface area contributed by atoms with Crippen LogP contribution in [-0.2, 0) is 5.41 Å². The van der Waals surface area contributed by atoms with Gasteiger partial charge in [-0.3, -0.25) is 0 Å². The van der Waals surface area contributed by atoms with Crippen molar-refractivity contribution in [2.75, 3.05) is 4.90 Å². The SMILES string of the molecule is [B]c1c([B])c([B])c(-n2c3ccccc3c3ccc(N(c4ccc(-c5ccc6c(c5)-c5ccccc5C6(C)C)cc4)c4ccc5c6ccccc6n(-c6ccccc6)c5c4)cc32)c([B])c1[B]. The molecule has 0 unspecified atom stereocenters. The summed E-state index contributed by atoms with van der Waals surface area (Å²) in [6.45, 7) is 4.64. The molecule has 65 heavy (non-hydrogen) atoms. The quantitative estimate of drug-likeness (QED) is 0.153. The summed E-state index contributed by atoms with van der Waals surface area (Å²) in [5, 5.41) is 4.42. The molecule has 0 spiro atoms. The normalized spacial score (nSPS) is 12.9. The summed E-state index contributed by atoms with van der Waals surface area (Å²) in [6.07, 6.45) is 0. The summed E-state index contributed by atoms with van der Waals surface area (Å²) >= 11 is 0. The Hall–Kier alpha value is -7.30. The zero-order valence-electron chi connectivity index (χ0n) is 36.0. The van der Waals surface area contributed by atoms with E-state index in [0.717, 1.165) is 61.2 Å². The van der Waals surface area contributed by atoms with Gasteiger partial charge < -0.3 is 14.0 Å². The lowest BCUT2D eigenvalue weighted by Gasteiger charge is -2.27. The molecule has 0 amide bonds. The van der Waals surface area contributed by atoms with E-state index in [2.05, 4.69) is 198 Å². The summed E-state index contributed by atoms with van der Waals surface area (Å²) in [4.78, 5) is 2.32. The van der Waals surface area contributed by atoms with Gasteiger partial charge in [-0.05, 0) is 100 Å². The number of hydrogen-bond donors (Lipinski definition) is 0. The number of anilines is 3. The van der Waals surface area contributed by atoms with E-state index in [1.807, 2.05) is 12.1 Å². The van der Waals surface area contributed by atoms with Crippen LogP contribution in [0.25, 0.3) is 77.2 Å². The highest BCUT2D eigenvalue weighted by Gasteiger charge is 2.35. The maximum absolute atomic E-state index is 6.81. The molecule has 294 valence electrons. The second-order valence-electron chi connectivity index (χ2n) is 17.7. The van der Waals surface area contributed by atoms with Crippen LogP contribution in [0.1, 0.15) is 25.0 Å². The molecule has 2 aromatic heterocycles. The molecule has 8 heteroatoms. The third-order valence-electron chi connectivity index (χ3n) is 13.8. The van der Waals surface area contributed by atoms with Crippen LogP contribution < -0.4 is 32.2 Å². The predicted molar refractivity (Wildman–Crippen MR) is 280 cm³/mol. The van der Waals surface area contributed by atoms with Crippen molar-refractivity contribution in [3.05, 3.63) is 193 Å². The molecule has 0 N–H and O–H groups in total. The largest absolute Gasteiger partial charge is 0.310 e. The van der Waals surface area contributed by atoms with Crippen LogP contribution in [0.2, 0.25) is 0 Å².